The maximum atomic E-state index is 12.9. The lowest BCUT2D eigenvalue weighted by Crippen LogP contribution is -2.50. The van der Waals surface area contributed by atoms with Crippen molar-refractivity contribution in [2.24, 2.45) is 0 Å². The summed E-state index contributed by atoms with van der Waals surface area (Å²) < 4.78 is 33.5. The second kappa shape index (κ2) is 8.30. The van der Waals surface area contributed by atoms with Gasteiger partial charge in [-0.3, -0.25) is 0 Å². The van der Waals surface area contributed by atoms with Gasteiger partial charge in [0.2, 0.25) is 5.13 Å². The predicted octanol–water partition coefficient (Wildman–Crippen LogP) is 4.63. The van der Waals surface area contributed by atoms with Crippen LogP contribution < -0.4 is 4.90 Å². The molecule has 1 saturated heterocycles. The summed E-state index contributed by atoms with van der Waals surface area (Å²) >= 11 is 4.33. The highest BCUT2D eigenvalue weighted by Gasteiger charge is 2.27. The summed E-state index contributed by atoms with van der Waals surface area (Å²) in [6.45, 7) is 7.86. The number of hydrogen-bond acceptors (Lipinski definition) is 7. The summed E-state index contributed by atoms with van der Waals surface area (Å²) in [6, 6.07) is 3.85. The highest BCUT2D eigenvalue weighted by Crippen LogP contribution is 2.33. The molecule has 8 nitrogen and oxygen atoms in total. The van der Waals surface area contributed by atoms with Crippen molar-refractivity contribution >= 4 is 50.0 Å². The highest BCUT2D eigenvalue weighted by atomic mass is 79.9. The van der Waals surface area contributed by atoms with Crippen LogP contribution in [-0.2, 0) is 4.74 Å². The largest absolute Gasteiger partial charge is 0.444 e. The number of piperazine rings is 1. The molecule has 1 amide bonds. The van der Waals surface area contributed by atoms with Crippen molar-refractivity contribution < 1.29 is 18.3 Å². The van der Waals surface area contributed by atoms with E-state index in [1.807, 2.05) is 32.9 Å². The third-order valence-corrected chi connectivity index (χ3v) is 6.03. The standard InChI is InChI=1S/C19H21BrF2N6O2S/c1-19(2,3)30-18(29)27-6-4-26(5-7-27)14-9-11(20)8-13-12(14)10-28(25-13)17-24-23-16(31-17)15(21)22/h8-10,15H,4-7H2,1-3H3. The summed E-state index contributed by atoms with van der Waals surface area (Å²) in [6.07, 6.45) is -1.21. The van der Waals surface area contributed by atoms with Crippen LogP contribution in [0.4, 0.5) is 19.3 Å². The third-order valence-electron chi connectivity index (χ3n) is 4.65. The number of ether oxygens (including phenoxy) is 1. The average Bonchev–Trinajstić information content (AvgIpc) is 3.33. The first-order valence-electron chi connectivity index (χ1n) is 9.64. The zero-order chi connectivity index (χ0) is 22.3. The smallest absolute Gasteiger partial charge is 0.410 e. The maximum absolute atomic E-state index is 12.9. The van der Waals surface area contributed by atoms with Gasteiger partial charge >= 0.3 is 6.09 Å². The van der Waals surface area contributed by atoms with Crippen molar-refractivity contribution in [3.63, 3.8) is 0 Å². The topological polar surface area (TPSA) is 76.4 Å². The van der Waals surface area contributed by atoms with E-state index in [0.29, 0.717) is 31.7 Å². The molecule has 12 heteroatoms. The predicted molar refractivity (Wildman–Crippen MR) is 117 cm³/mol. The Bertz CT molecular complexity index is 1100. The van der Waals surface area contributed by atoms with Crippen LogP contribution in [0.1, 0.15) is 32.2 Å². The minimum Gasteiger partial charge on any atom is -0.444 e. The third kappa shape index (κ3) is 4.79. The molecule has 0 atom stereocenters. The van der Waals surface area contributed by atoms with Crippen LogP contribution in [0, 0.1) is 0 Å². The number of anilines is 1. The van der Waals surface area contributed by atoms with Gasteiger partial charge in [0.15, 0.2) is 5.01 Å². The van der Waals surface area contributed by atoms with Crippen LogP contribution in [0.3, 0.4) is 0 Å². The molecular formula is C19H21BrF2N6O2S. The van der Waals surface area contributed by atoms with Crippen molar-refractivity contribution in [2.45, 2.75) is 32.8 Å². The number of halogens is 3. The molecule has 0 radical (unpaired) electrons. The summed E-state index contributed by atoms with van der Waals surface area (Å²) in [5.74, 6) is 0. The number of benzene rings is 1. The number of carbonyl (C=O) groups is 1. The molecule has 3 aromatic rings. The molecule has 0 spiro atoms. The van der Waals surface area contributed by atoms with Crippen LogP contribution in [0.15, 0.2) is 22.8 Å². The van der Waals surface area contributed by atoms with Gasteiger partial charge in [-0.15, -0.1) is 10.2 Å². The molecule has 0 aliphatic carbocycles. The molecule has 1 aliphatic rings. The Kier molecular flexibility index (Phi) is 5.86. The fraction of sp³-hybridized carbons (Fsp3) is 0.474. The van der Waals surface area contributed by atoms with E-state index in [9.17, 15) is 13.6 Å². The maximum Gasteiger partial charge on any atom is 0.410 e. The lowest BCUT2D eigenvalue weighted by Gasteiger charge is -2.37. The monoisotopic (exact) mass is 514 g/mol. The summed E-state index contributed by atoms with van der Waals surface area (Å²) in [4.78, 5) is 16.2. The van der Waals surface area contributed by atoms with E-state index in [-0.39, 0.29) is 16.2 Å². The van der Waals surface area contributed by atoms with Crippen LogP contribution >= 0.6 is 27.3 Å². The van der Waals surface area contributed by atoms with Crippen molar-refractivity contribution in [2.75, 3.05) is 31.1 Å². The molecule has 1 fully saturated rings. The average molecular weight is 515 g/mol. The van der Waals surface area contributed by atoms with Gasteiger partial charge in [-0.25, -0.2) is 18.3 Å². The summed E-state index contributed by atoms with van der Waals surface area (Å²) in [5.41, 5.74) is 1.11. The molecule has 0 N–H and O–H groups in total. The first kappa shape index (κ1) is 21.9. The lowest BCUT2D eigenvalue weighted by molar-refractivity contribution is 0.0240. The van der Waals surface area contributed by atoms with Crippen LogP contribution in [-0.4, -0.2) is 62.8 Å². The Morgan fingerprint density at radius 1 is 1.19 bits per heavy atom. The molecule has 1 aromatic carbocycles. The van der Waals surface area contributed by atoms with E-state index in [1.165, 1.54) is 4.68 Å². The highest BCUT2D eigenvalue weighted by molar-refractivity contribution is 9.10. The Hall–Kier alpha value is -2.34. The van der Waals surface area contributed by atoms with Gasteiger partial charge in [0.25, 0.3) is 6.43 Å². The second-order valence-electron chi connectivity index (χ2n) is 8.11. The number of fused-ring (bicyclic) bond motifs is 1. The number of rotatable bonds is 3. The second-order valence-corrected chi connectivity index (χ2v) is 10.0. The fourth-order valence-electron chi connectivity index (χ4n) is 3.30. The minimum absolute atomic E-state index is 0.281. The number of carbonyl (C=O) groups excluding carboxylic acids is 1. The van der Waals surface area contributed by atoms with E-state index in [1.54, 1.807) is 11.1 Å². The van der Waals surface area contributed by atoms with Crippen molar-refractivity contribution in [1.82, 2.24) is 24.9 Å². The molecule has 0 bridgehead atoms. The zero-order valence-electron chi connectivity index (χ0n) is 17.2. The Labute approximate surface area is 189 Å². The van der Waals surface area contributed by atoms with Gasteiger partial charge in [-0.1, -0.05) is 27.3 Å². The molecular weight excluding hydrogens is 494 g/mol. The normalized spacial score (nSPS) is 15.2. The molecule has 4 rings (SSSR count). The Morgan fingerprint density at radius 2 is 1.90 bits per heavy atom. The zero-order valence-corrected chi connectivity index (χ0v) is 19.6. The summed E-state index contributed by atoms with van der Waals surface area (Å²) in [5, 5.41) is 12.7. The molecule has 1 aliphatic heterocycles. The van der Waals surface area contributed by atoms with Gasteiger partial charge in [0, 0.05) is 47.9 Å². The molecule has 3 heterocycles. The van der Waals surface area contributed by atoms with Gasteiger partial charge < -0.3 is 14.5 Å². The van der Waals surface area contributed by atoms with Gasteiger partial charge in [0.1, 0.15) is 5.60 Å². The van der Waals surface area contributed by atoms with Crippen LogP contribution in [0.5, 0.6) is 0 Å². The van der Waals surface area contributed by atoms with Crippen molar-refractivity contribution in [3.8, 4) is 5.13 Å². The van der Waals surface area contributed by atoms with Crippen molar-refractivity contribution in [1.29, 1.82) is 0 Å². The summed E-state index contributed by atoms with van der Waals surface area (Å²) in [7, 11) is 0. The Morgan fingerprint density at radius 3 is 2.52 bits per heavy atom. The fourth-order valence-corrected chi connectivity index (χ4v) is 4.36. The quantitative estimate of drug-likeness (QED) is 0.506. The van der Waals surface area contributed by atoms with E-state index >= 15 is 0 Å². The van der Waals surface area contributed by atoms with Crippen molar-refractivity contribution in [3.05, 3.63) is 27.8 Å². The molecule has 2 aromatic heterocycles. The number of alkyl halides is 2. The molecule has 0 unspecified atom stereocenters. The van der Waals surface area contributed by atoms with Crippen LogP contribution in [0.25, 0.3) is 16.0 Å². The minimum atomic E-state index is -2.66. The van der Waals surface area contributed by atoms with Gasteiger partial charge in [-0.05, 0) is 32.9 Å². The van der Waals surface area contributed by atoms with E-state index in [4.69, 9.17) is 4.74 Å². The molecule has 31 heavy (non-hydrogen) atoms. The molecule has 0 saturated carbocycles. The Balaban J connectivity index is 1.57. The first-order chi connectivity index (χ1) is 14.6. The SMILES string of the molecule is CC(C)(C)OC(=O)N1CCN(c2cc(Br)cc3nn(-c4nnc(C(F)F)s4)cc23)CC1. The lowest BCUT2D eigenvalue weighted by atomic mass is 10.2. The first-order valence-corrected chi connectivity index (χ1v) is 11.3. The number of hydrogen-bond donors (Lipinski definition) is 0. The number of amides is 1. The molecule has 166 valence electrons. The van der Waals surface area contributed by atoms with E-state index in [2.05, 4.69) is 36.1 Å². The van der Waals surface area contributed by atoms with Gasteiger partial charge in [-0.2, -0.15) is 5.10 Å². The number of aromatic nitrogens is 4. The van der Waals surface area contributed by atoms with E-state index in [0.717, 1.165) is 26.9 Å². The van der Waals surface area contributed by atoms with Gasteiger partial charge in [0.05, 0.1) is 5.52 Å². The van der Waals surface area contributed by atoms with Crippen LogP contribution in [0.2, 0.25) is 0 Å². The number of nitrogens with zero attached hydrogens (tertiary/aromatic N) is 6. The van der Waals surface area contributed by atoms with E-state index < -0.39 is 12.0 Å².